The van der Waals surface area contributed by atoms with Crippen LogP contribution in [0.1, 0.15) is 11.1 Å². The summed E-state index contributed by atoms with van der Waals surface area (Å²) in [6.07, 6.45) is 1.52. The third-order valence-electron chi connectivity index (χ3n) is 2.15. The minimum Gasteiger partial charge on any atom is -0.260 e. The molecular weight excluding hydrogens is 272 g/mol. The summed E-state index contributed by atoms with van der Waals surface area (Å²) in [5.41, 5.74) is 1.10. The lowest BCUT2D eigenvalue weighted by molar-refractivity contribution is 0.583. The van der Waals surface area contributed by atoms with Gasteiger partial charge in [0.15, 0.2) is 0 Å². The van der Waals surface area contributed by atoms with E-state index in [1.165, 1.54) is 6.26 Å². The highest BCUT2D eigenvalue weighted by Crippen LogP contribution is 2.06. The first kappa shape index (κ1) is 14.8. The molecule has 5 nitrogen and oxygen atoms in total. The molecule has 1 aromatic rings. The van der Waals surface area contributed by atoms with Gasteiger partial charge in [-0.1, -0.05) is 12.1 Å². The standard InChI is InChI=1S/C11H14N2O3S2/c1-17(14)7-6-13-18(15,16)9-11-4-2-10(8-12)3-5-11/h2-5,13H,6-7,9H2,1H3. The third-order valence-corrected chi connectivity index (χ3v) is 4.29. The summed E-state index contributed by atoms with van der Waals surface area (Å²) in [6.45, 7) is 0.168. The summed E-state index contributed by atoms with van der Waals surface area (Å²) in [5, 5.41) is 8.62. The van der Waals surface area contributed by atoms with Crippen LogP contribution in [0.2, 0.25) is 0 Å². The molecule has 0 aliphatic rings. The molecule has 0 aliphatic heterocycles. The highest BCUT2D eigenvalue weighted by molar-refractivity contribution is 7.88. The van der Waals surface area contributed by atoms with E-state index in [0.29, 0.717) is 16.9 Å². The lowest BCUT2D eigenvalue weighted by Crippen LogP contribution is -2.28. The average molecular weight is 286 g/mol. The Morgan fingerprint density at radius 2 is 1.94 bits per heavy atom. The van der Waals surface area contributed by atoms with E-state index in [2.05, 4.69) is 4.72 Å². The van der Waals surface area contributed by atoms with Crippen LogP contribution in [0, 0.1) is 11.3 Å². The van der Waals surface area contributed by atoms with E-state index in [1.54, 1.807) is 24.3 Å². The number of benzene rings is 1. The first-order chi connectivity index (χ1) is 8.43. The molecule has 98 valence electrons. The van der Waals surface area contributed by atoms with Gasteiger partial charge in [0.2, 0.25) is 10.0 Å². The molecule has 0 fully saturated rings. The summed E-state index contributed by atoms with van der Waals surface area (Å²) >= 11 is 0. The van der Waals surface area contributed by atoms with Gasteiger partial charge in [0.05, 0.1) is 17.4 Å². The predicted molar refractivity (Wildman–Crippen MR) is 70.7 cm³/mol. The van der Waals surface area contributed by atoms with Gasteiger partial charge in [0, 0.05) is 29.4 Å². The Hall–Kier alpha value is -1.23. The van der Waals surface area contributed by atoms with Crippen molar-refractivity contribution in [1.29, 1.82) is 5.26 Å². The van der Waals surface area contributed by atoms with E-state index in [9.17, 15) is 12.6 Å². The Labute approximate surface area is 109 Å². The van der Waals surface area contributed by atoms with Crippen LogP contribution >= 0.6 is 0 Å². The Balaban J connectivity index is 2.59. The van der Waals surface area contributed by atoms with Crippen LogP contribution in [0.5, 0.6) is 0 Å². The second-order valence-electron chi connectivity index (χ2n) is 3.74. The van der Waals surface area contributed by atoms with Crippen molar-refractivity contribution in [3.63, 3.8) is 0 Å². The van der Waals surface area contributed by atoms with Gasteiger partial charge in [-0.25, -0.2) is 13.1 Å². The van der Waals surface area contributed by atoms with Gasteiger partial charge in [0.25, 0.3) is 0 Å². The zero-order chi connectivity index (χ0) is 13.6. The van der Waals surface area contributed by atoms with Crippen LogP contribution in [0.15, 0.2) is 24.3 Å². The molecule has 0 radical (unpaired) electrons. The molecule has 0 spiro atoms. The van der Waals surface area contributed by atoms with Crippen LogP contribution in [-0.4, -0.2) is 31.2 Å². The Kier molecular flexibility index (Phi) is 5.47. The highest BCUT2D eigenvalue weighted by atomic mass is 32.2. The van der Waals surface area contributed by atoms with Gasteiger partial charge in [0.1, 0.15) is 0 Å². The Bertz CT molecular complexity index is 559. The normalized spacial score (nSPS) is 12.9. The van der Waals surface area contributed by atoms with Gasteiger partial charge < -0.3 is 0 Å². The molecule has 1 atom stereocenters. The number of hydrogen-bond donors (Lipinski definition) is 1. The van der Waals surface area contributed by atoms with Crippen LogP contribution in [0.25, 0.3) is 0 Å². The summed E-state index contributed by atoms with van der Waals surface area (Å²) in [4.78, 5) is 0. The van der Waals surface area contributed by atoms with Gasteiger partial charge in [-0.15, -0.1) is 0 Å². The summed E-state index contributed by atoms with van der Waals surface area (Å²) < 4.78 is 36.5. The quantitative estimate of drug-likeness (QED) is 0.817. The van der Waals surface area contributed by atoms with Gasteiger partial charge >= 0.3 is 0 Å². The maximum Gasteiger partial charge on any atom is 0.215 e. The molecule has 18 heavy (non-hydrogen) atoms. The molecule has 1 aromatic carbocycles. The molecule has 0 heterocycles. The van der Waals surface area contributed by atoms with Crippen LogP contribution in [0.4, 0.5) is 0 Å². The van der Waals surface area contributed by atoms with Crippen LogP contribution in [0.3, 0.4) is 0 Å². The second-order valence-corrected chi connectivity index (χ2v) is 7.10. The first-order valence-corrected chi connectivity index (χ1v) is 8.57. The molecule has 0 saturated carbocycles. The predicted octanol–water partition coefficient (Wildman–Crippen LogP) is 0.356. The molecule has 1 N–H and O–H groups in total. The number of nitrogens with one attached hydrogen (secondary N) is 1. The van der Waals surface area contributed by atoms with Crippen molar-refractivity contribution in [2.45, 2.75) is 5.75 Å². The Morgan fingerprint density at radius 3 is 2.44 bits per heavy atom. The number of nitriles is 1. The van der Waals surface area contributed by atoms with E-state index in [4.69, 9.17) is 5.26 Å². The largest absolute Gasteiger partial charge is 0.260 e. The maximum atomic E-state index is 11.7. The smallest absolute Gasteiger partial charge is 0.215 e. The molecule has 1 unspecified atom stereocenters. The SMILES string of the molecule is CS(=O)CCNS(=O)(=O)Cc1ccc(C#N)cc1. The fourth-order valence-electron chi connectivity index (χ4n) is 1.29. The van der Waals surface area contributed by atoms with Crippen molar-refractivity contribution in [3.05, 3.63) is 35.4 Å². The molecule has 0 aromatic heterocycles. The van der Waals surface area contributed by atoms with E-state index in [1.807, 2.05) is 6.07 Å². The van der Waals surface area contributed by atoms with Crippen molar-refractivity contribution >= 4 is 20.8 Å². The number of hydrogen-bond acceptors (Lipinski definition) is 4. The zero-order valence-corrected chi connectivity index (χ0v) is 11.6. The fraction of sp³-hybridized carbons (Fsp3) is 0.364. The lowest BCUT2D eigenvalue weighted by Gasteiger charge is -2.05. The molecule has 7 heteroatoms. The zero-order valence-electron chi connectivity index (χ0n) is 9.92. The average Bonchev–Trinajstić information content (AvgIpc) is 2.28. The molecular formula is C11H14N2O3S2. The maximum absolute atomic E-state index is 11.7. The van der Waals surface area contributed by atoms with Gasteiger partial charge in [-0.05, 0) is 17.7 Å². The summed E-state index contributed by atoms with van der Waals surface area (Å²) in [7, 11) is -4.43. The fourth-order valence-corrected chi connectivity index (χ4v) is 2.95. The molecule has 0 saturated heterocycles. The number of nitrogens with zero attached hydrogens (tertiary/aromatic N) is 1. The van der Waals surface area contributed by atoms with E-state index in [0.717, 1.165) is 0 Å². The van der Waals surface area contributed by atoms with E-state index in [-0.39, 0.29) is 12.3 Å². The van der Waals surface area contributed by atoms with Crippen molar-refractivity contribution in [1.82, 2.24) is 4.72 Å². The summed E-state index contributed by atoms with van der Waals surface area (Å²) in [5.74, 6) is 0.154. The lowest BCUT2D eigenvalue weighted by atomic mass is 10.2. The Morgan fingerprint density at radius 1 is 1.33 bits per heavy atom. The third kappa shape index (κ3) is 5.40. The van der Waals surface area contributed by atoms with E-state index < -0.39 is 20.8 Å². The van der Waals surface area contributed by atoms with Crippen LogP contribution < -0.4 is 4.72 Å². The van der Waals surface area contributed by atoms with Crippen molar-refractivity contribution in [2.75, 3.05) is 18.6 Å². The molecule has 0 bridgehead atoms. The summed E-state index contributed by atoms with van der Waals surface area (Å²) in [6, 6.07) is 8.33. The number of sulfonamides is 1. The van der Waals surface area contributed by atoms with Gasteiger partial charge in [-0.2, -0.15) is 5.26 Å². The van der Waals surface area contributed by atoms with Crippen LogP contribution in [-0.2, 0) is 26.6 Å². The van der Waals surface area contributed by atoms with Gasteiger partial charge in [-0.3, -0.25) is 4.21 Å². The van der Waals surface area contributed by atoms with Crippen molar-refractivity contribution < 1.29 is 12.6 Å². The molecule has 1 rings (SSSR count). The monoisotopic (exact) mass is 286 g/mol. The van der Waals surface area contributed by atoms with Crippen molar-refractivity contribution in [3.8, 4) is 6.07 Å². The van der Waals surface area contributed by atoms with E-state index >= 15 is 0 Å². The van der Waals surface area contributed by atoms with Crippen molar-refractivity contribution in [2.24, 2.45) is 0 Å². The molecule has 0 amide bonds. The second kappa shape index (κ2) is 6.64. The highest BCUT2D eigenvalue weighted by Gasteiger charge is 2.11. The minimum atomic E-state index is -3.42. The number of rotatable bonds is 6. The minimum absolute atomic E-state index is 0.144. The first-order valence-electron chi connectivity index (χ1n) is 5.19. The molecule has 0 aliphatic carbocycles. The topological polar surface area (TPSA) is 87.0 Å².